The third-order valence-corrected chi connectivity index (χ3v) is 3.43. The molecule has 1 fully saturated rings. The predicted molar refractivity (Wildman–Crippen MR) is 65.9 cm³/mol. The first-order valence-corrected chi connectivity index (χ1v) is 6.39. The van der Waals surface area contributed by atoms with Gasteiger partial charge in [0.05, 0.1) is 17.7 Å². The number of carbonyl (C=O) groups is 1. The summed E-state index contributed by atoms with van der Waals surface area (Å²) in [5.74, 6) is -2.82. The molecule has 1 atom stereocenters. The normalized spacial score (nSPS) is 17.7. The SMILES string of the molecule is O=C(NC(c1c(F)cccc1F)C(F)(F)F)NC1(CO)CC1. The van der Waals surface area contributed by atoms with Gasteiger partial charge in [-0.3, -0.25) is 0 Å². The minimum absolute atomic E-state index is 0.418. The fourth-order valence-corrected chi connectivity index (χ4v) is 1.99. The maximum atomic E-state index is 13.5. The number of urea groups is 1. The van der Waals surface area contributed by atoms with Gasteiger partial charge in [-0.2, -0.15) is 13.2 Å². The van der Waals surface area contributed by atoms with Gasteiger partial charge in [-0.25, -0.2) is 13.6 Å². The molecule has 0 spiro atoms. The van der Waals surface area contributed by atoms with Crippen LogP contribution in [0.1, 0.15) is 24.4 Å². The molecule has 0 saturated heterocycles. The lowest BCUT2D eigenvalue weighted by Gasteiger charge is -2.24. The van der Waals surface area contributed by atoms with Crippen molar-refractivity contribution in [1.29, 1.82) is 0 Å². The Morgan fingerprint density at radius 1 is 1.27 bits per heavy atom. The van der Waals surface area contributed by atoms with Crippen LogP contribution in [0.2, 0.25) is 0 Å². The zero-order chi connectivity index (χ0) is 16.5. The van der Waals surface area contributed by atoms with Gasteiger partial charge in [0.2, 0.25) is 0 Å². The summed E-state index contributed by atoms with van der Waals surface area (Å²) in [7, 11) is 0. The van der Waals surface area contributed by atoms with Gasteiger partial charge >= 0.3 is 12.2 Å². The fourth-order valence-electron chi connectivity index (χ4n) is 1.99. The summed E-state index contributed by atoms with van der Waals surface area (Å²) in [5, 5.41) is 12.7. The lowest BCUT2D eigenvalue weighted by atomic mass is 10.1. The van der Waals surface area contributed by atoms with Gasteiger partial charge in [0.1, 0.15) is 11.6 Å². The molecule has 0 aliphatic heterocycles. The van der Waals surface area contributed by atoms with Gasteiger partial charge < -0.3 is 15.7 Å². The molecule has 3 N–H and O–H groups in total. The number of halogens is 5. The molecule has 0 aromatic heterocycles. The summed E-state index contributed by atoms with van der Waals surface area (Å²) in [6, 6.07) is -1.81. The summed E-state index contributed by atoms with van der Waals surface area (Å²) < 4.78 is 66.2. The number of aliphatic hydroxyl groups excluding tert-OH is 1. The maximum Gasteiger partial charge on any atom is 0.413 e. The molecule has 1 aromatic carbocycles. The minimum Gasteiger partial charge on any atom is -0.394 e. The number of benzene rings is 1. The lowest BCUT2D eigenvalue weighted by Crippen LogP contribution is -2.49. The summed E-state index contributed by atoms with van der Waals surface area (Å²) in [4.78, 5) is 11.6. The zero-order valence-corrected chi connectivity index (χ0v) is 11.2. The van der Waals surface area contributed by atoms with Crippen LogP contribution in [0.4, 0.5) is 26.7 Å². The lowest BCUT2D eigenvalue weighted by molar-refractivity contribution is -0.156. The molecule has 1 saturated carbocycles. The quantitative estimate of drug-likeness (QED) is 0.745. The average Bonchev–Trinajstić information content (AvgIpc) is 3.16. The standard InChI is InChI=1S/C13H13F5N2O2/c14-7-2-1-3-8(15)9(7)10(13(16,17)18)19-11(22)20-12(6-21)4-5-12/h1-3,10,21H,4-6H2,(H2,19,20,22). The molecular weight excluding hydrogens is 311 g/mol. The van der Waals surface area contributed by atoms with Crippen molar-refractivity contribution in [3.63, 3.8) is 0 Å². The number of hydrogen-bond acceptors (Lipinski definition) is 2. The van der Waals surface area contributed by atoms with Gasteiger partial charge in [0.15, 0.2) is 6.04 Å². The highest BCUT2D eigenvalue weighted by Gasteiger charge is 2.47. The number of rotatable bonds is 4. The molecule has 22 heavy (non-hydrogen) atoms. The Hall–Kier alpha value is -1.90. The number of carbonyl (C=O) groups excluding carboxylic acids is 1. The molecular formula is C13H13F5N2O2. The molecule has 1 unspecified atom stereocenters. The molecule has 4 nitrogen and oxygen atoms in total. The molecule has 2 rings (SSSR count). The van der Waals surface area contributed by atoms with Gasteiger partial charge in [-0.1, -0.05) is 6.07 Å². The number of nitrogens with one attached hydrogen (secondary N) is 2. The van der Waals surface area contributed by atoms with Crippen molar-refractivity contribution in [2.24, 2.45) is 0 Å². The van der Waals surface area contributed by atoms with Gasteiger partial charge in [0.25, 0.3) is 0 Å². The van der Waals surface area contributed by atoms with Gasteiger partial charge in [0, 0.05) is 0 Å². The third-order valence-electron chi connectivity index (χ3n) is 3.43. The van der Waals surface area contributed by atoms with E-state index in [1.54, 1.807) is 0 Å². The van der Waals surface area contributed by atoms with Crippen molar-refractivity contribution in [2.75, 3.05) is 6.61 Å². The van der Waals surface area contributed by atoms with E-state index in [0.29, 0.717) is 25.0 Å². The first-order valence-electron chi connectivity index (χ1n) is 6.39. The van der Waals surface area contributed by atoms with Crippen LogP contribution in [-0.2, 0) is 0 Å². The van der Waals surface area contributed by atoms with Crippen LogP contribution >= 0.6 is 0 Å². The van der Waals surface area contributed by atoms with Crippen LogP contribution in [0.15, 0.2) is 18.2 Å². The van der Waals surface area contributed by atoms with Crippen LogP contribution in [-0.4, -0.2) is 29.5 Å². The highest BCUT2D eigenvalue weighted by molar-refractivity contribution is 5.76. The summed E-state index contributed by atoms with van der Waals surface area (Å²) in [6.07, 6.45) is -4.25. The smallest absolute Gasteiger partial charge is 0.394 e. The van der Waals surface area contributed by atoms with E-state index in [9.17, 15) is 26.7 Å². The molecule has 1 aromatic rings. The molecule has 0 bridgehead atoms. The molecule has 0 radical (unpaired) electrons. The molecule has 2 amide bonds. The van der Waals surface area contributed by atoms with E-state index in [4.69, 9.17) is 5.11 Å². The van der Waals surface area contributed by atoms with Crippen molar-refractivity contribution in [3.8, 4) is 0 Å². The monoisotopic (exact) mass is 324 g/mol. The second kappa shape index (κ2) is 5.71. The molecule has 1 aliphatic carbocycles. The molecule has 1 aliphatic rings. The maximum absolute atomic E-state index is 13.5. The zero-order valence-electron chi connectivity index (χ0n) is 11.2. The number of hydrogen-bond donors (Lipinski definition) is 3. The highest BCUT2D eigenvalue weighted by atomic mass is 19.4. The molecule has 122 valence electrons. The minimum atomic E-state index is -5.09. The van der Waals surface area contributed by atoms with E-state index in [1.165, 1.54) is 5.32 Å². The van der Waals surface area contributed by atoms with Crippen LogP contribution in [0, 0.1) is 11.6 Å². The van der Waals surface area contributed by atoms with E-state index in [-0.39, 0.29) is 0 Å². The van der Waals surface area contributed by atoms with E-state index in [1.807, 2.05) is 0 Å². The van der Waals surface area contributed by atoms with Gasteiger partial charge in [-0.15, -0.1) is 0 Å². The Balaban J connectivity index is 2.23. The van der Waals surface area contributed by atoms with Crippen molar-refractivity contribution in [3.05, 3.63) is 35.4 Å². The van der Waals surface area contributed by atoms with E-state index >= 15 is 0 Å². The van der Waals surface area contributed by atoms with E-state index in [2.05, 4.69) is 5.32 Å². The largest absolute Gasteiger partial charge is 0.413 e. The number of aliphatic hydroxyl groups is 1. The Labute approximate surface area is 122 Å². The first kappa shape index (κ1) is 16.5. The average molecular weight is 324 g/mol. The Kier molecular flexibility index (Phi) is 4.28. The third kappa shape index (κ3) is 3.46. The van der Waals surface area contributed by atoms with Crippen LogP contribution in [0.25, 0.3) is 0 Å². The predicted octanol–water partition coefficient (Wildman–Crippen LogP) is 2.39. The topological polar surface area (TPSA) is 61.4 Å². The fraction of sp³-hybridized carbons (Fsp3) is 0.462. The van der Waals surface area contributed by atoms with Crippen molar-refractivity contribution in [1.82, 2.24) is 10.6 Å². The van der Waals surface area contributed by atoms with Crippen LogP contribution in [0.3, 0.4) is 0 Å². The number of amides is 2. The first-order chi connectivity index (χ1) is 10.2. The second-order valence-corrected chi connectivity index (χ2v) is 5.15. The Morgan fingerprint density at radius 3 is 2.23 bits per heavy atom. The summed E-state index contributed by atoms with van der Waals surface area (Å²) in [6.45, 7) is -0.425. The Morgan fingerprint density at radius 2 is 1.82 bits per heavy atom. The summed E-state index contributed by atoms with van der Waals surface area (Å²) in [5.41, 5.74) is -2.23. The van der Waals surface area contributed by atoms with Crippen LogP contribution in [0.5, 0.6) is 0 Å². The van der Waals surface area contributed by atoms with Crippen molar-refractivity contribution in [2.45, 2.75) is 30.6 Å². The van der Waals surface area contributed by atoms with Gasteiger partial charge in [-0.05, 0) is 25.0 Å². The number of alkyl halides is 3. The van der Waals surface area contributed by atoms with E-state index < -0.39 is 47.6 Å². The van der Waals surface area contributed by atoms with Crippen molar-refractivity contribution >= 4 is 6.03 Å². The van der Waals surface area contributed by atoms with Crippen LogP contribution < -0.4 is 10.6 Å². The highest BCUT2D eigenvalue weighted by Crippen LogP contribution is 2.37. The second-order valence-electron chi connectivity index (χ2n) is 5.15. The Bertz CT molecular complexity index is 552. The summed E-state index contributed by atoms with van der Waals surface area (Å²) >= 11 is 0. The molecule has 0 heterocycles. The van der Waals surface area contributed by atoms with E-state index in [0.717, 1.165) is 6.07 Å². The van der Waals surface area contributed by atoms with Crippen molar-refractivity contribution < 1.29 is 31.9 Å². The molecule has 9 heteroatoms.